The lowest BCUT2D eigenvalue weighted by Gasteiger charge is -2.21. The average molecular weight is 381 g/mol. The van der Waals surface area contributed by atoms with Gasteiger partial charge >= 0.3 is 0 Å². The number of guanidine groups is 1. The maximum atomic E-state index is 5.74. The Kier molecular flexibility index (Phi) is 10.3. The smallest absolute Gasteiger partial charge is 0.191 e. The number of aliphatic imine (C=N–C) groups is 1. The number of allylic oxidation sites excluding steroid dienone is 1. The molecule has 1 saturated heterocycles. The Morgan fingerprint density at radius 2 is 2.21 bits per heavy atom. The summed E-state index contributed by atoms with van der Waals surface area (Å²) in [5.41, 5.74) is -0.0638. The molecule has 2 N–H and O–H groups in total. The first-order chi connectivity index (χ1) is 8.70. The van der Waals surface area contributed by atoms with E-state index < -0.39 is 0 Å². The Bertz CT molecular complexity index is 286. The van der Waals surface area contributed by atoms with Crippen molar-refractivity contribution in [3.05, 3.63) is 12.2 Å². The summed E-state index contributed by atoms with van der Waals surface area (Å²) in [5.74, 6) is 0.888. The summed E-state index contributed by atoms with van der Waals surface area (Å²) in [5, 5.41) is 6.59. The highest BCUT2D eigenvalue weighted by Gasteiger charge is 2.29. The molecule has 1 unspecified atom stereocenters. The van der Waals surface area contributed by atoms with Gasteiger partial charge in [0.2, 0.25) is 0 Å². The highest BCUT2D eigenvalue weighted by Crippen LogP contribution is 2.24. The SMILES string of the molecule is C/C=C/CCNC(=NCC1(C)CCCO1)NCC.I. The van der Waals surface area contributed by atoms with Crippen LogP contribution in [0.2, 0.25) is 0 Å². The molecule has 0 amide bonds. The lowest BCUT2D eigenvalue weighted by atomic mass is 10.0. The minimum atomic E-state index is -0.0638. The average Bonchev–Trinajstić information content (AvgIpc) is 2.79. The van der Waals surface area contributed by atoms with E-state index in [1.807, 2.05) is 6.92 Å². The van der Waals surface area contributed by atoms with Crippen LogP contribution in [0.3, 0.4) is 0 Å². The summed E-state index contributed by atoms with van der Waals surface area (Å²) in [4.78, 5) is 4.61. The van der Waals surface area contributed by atoms with Gasteiger partial charge in [0.1, 0.15) is 0 Å². The molecular formula is C14H28IN3O. The van der Waals surface area contributed by atoms with Gasteiger partial charge in [-0.3, -0.25) is 4.99 Å². The molecule has 1 rings (SSSR count). The highest BCUT2D eigenvalue weighted by atomic mass is 127. The molecule has 1 aliphatic rings. The molecule has 1 fully saturated rings. The second-order valence-electron chi connectivity index (χ2n) is 4.88. The van der Waals surface area contributed by atoms with Crippen molar-refractivity contribution in [3.63, 3.8) is 0 Å². The van der Waals surface area contributed by atoms with Crippen LogP contribution in [0.1, 0.15) is 40.0 Å². The van der Waals surface area contributed by atoms with Gasteiger partial charge < -0.3 is 15.4 Å². The standard InChI is InChI=1S/C14H27N3O.HI/c1-4-6-7-10-16-13(15-5-2)17-12-14(3)9-8-11-18-14;/h4,6H,5,7-12H2,1-3H3,(H2,15,16,17);1H/b6-4+;. The van der Waals surface area contributed by atoms with Gasteiger partial charge in [0.05, 0.1) is 12.1 Å². The fourth-order valence-electron chi connectivity index (χ4n) is 1.99. The molecule has 19 heavy (non-hydrogen) atoms. The summed E-state index contributed by atoms with van der Waals surface area (Å²) < 4.78 is 5.74. The van der Waals surface area contributed by atoms with Crippen LogP contribution in [0.15, 0.2) is 17.1 Å². The van der Waals surface area contributed by atoms with Crippen molar-refractivity contribution in [3.8, 4) is 0 Å². The molecule has 0 aromatic carbocycles. The molecule has 1 atom stereocenters. The zero-order chi connectivity index (χ0) is 13.3. The van der Waals surface area contributed by atoms with Crippen molar-refractivity contribution in [2.45, 2.75) is 45.6 Å². The summed E-state index contributed by atoms with van der Waals surface area (Å²) in [6, 6.07) is 0. The predicted octanol–water partition coefficient (Wildman–Crippen LogP) is 2.69. The summed E-state index contributed by atoms with van der Waals surface area (Å²) >= 11 is 0. The van der Waals surface area contributed by atoms with Crippen molar-refractivity contribution >= 4 is 29.9 Å². The predicted molar refractivity (Wildman–Crippen MR) is 92.4 cm³/mol. The van der Waals surface area contributed by atoms with Gasteiger partial charge in [-0.15, -0.1) is 24.0 Å². The molecule has 0 bridgehead atoms. The molecule has 1 aliphatic heterocycles. The zero-order valence-electron chi connectivity index (χ0n) is 12.4. The van der Waals surface area contributed by atoms with E-state index in [0.717, 1.165) is 51.5 Å². The molecule has 0 radical (unpaired) electrons. The van der Waals surface area contributed by atoms with Crippen LogP contribution in [0.5, 0.6) is 0 Å². The molecule has 5 heteroatoms. The molecule has 0 spiro atoms. The van der Waals surface area contributed by atoms with Crippen LogP contribution in [-0.2, 0) is 4.74 Å². The van der Waals surface area contributed by atoms with Crippen LogP contribution in [-0.4, -0.2) is 37.8 Å². The van der Waals surface area contributed by atoms with Crippen molar-refractivity contribution in [1.29, 1.82) is 0 Å². The van der Waals surface area contributed by atoms with E-state index in [1.54, 1.807) is 0 Å². The van der Waals surface area contributed by atoms with E-state index in [1.165, 1.54) is 0 Å². The fourth-order valence-corrected chi connectivity index (χ4v) is 1.99. The number of rotatable bonds is 6. The first-order valence-corrected chi connectivity index (χ1v) is 6.97. The van der Waals surface area contributed by atoms with Gasteiger partial charge in [-0.2, -0.15) is 0 Å². The number of halogens is 1. The van der Waals surface area contributed by atoms with Crippen molar-refractivity contribution in [2.75, 3.05) is 26.2 Å². The monoisotopic (exact) mass is 381 g/mol. The Balaban J connectivity index is 0.00000324. The Hall–Kier alpha value is -0.300. The maximum absolute atomic E-state index is 5.74. The number of nitrogens with one attached hydrogen (secondary N) is 2. The number of hydrogen-bond donors (Lipinski definition) is 2. The van der Waals surface area contributed by atoms with Crippen LogP contribution < -0.4 is 10.6 Å². The van der Waals surface area contributed by atoms with Crippen LogP contribution >= 0.6 is 24.0 Å². The minimum Gasteiger partial charge on any atom is -0.373 e. The lowest BCUT2D eigenvalue weighted by molar-refractivity contribution is 0.0283. The van der Waals surface area contributed by atoms with E-state index in [-0.39, 0.29) is 29.6 Å². The van der Waals surface area contributed by atoms with E-state index in [9.17, 15) is 0 Å². The van der Waals surface area contributed by atoms with Gasteiger partial charge in [-0.1, -0.05) is 12.2 Å². The van der Waals surface area contributed by atoms with Gasteiger partial charge in [0.15, 0.2) is 5.96 Å². The first kappa shape index (κ1) is 18.7. The van der Waals surface area contributed by atoms with E-state index in [0.29, 0.717) is 0 Å². The molecule has 0 aliphatic carbocycles. The highest BCUT2D eigenvalue weighted by molar-refractivity contribution is 14.0. The first-order valence-electron chi connectivity index (χ1n) is 6.97. The van der Waals surface area contributed by atoms with Crippen molar-refractivity contribution < 1.29 is 4.74 Å². The maximum Gasteiger partial charge on any atom is 0.191 e. The molecular weight excluding hydrogens is 353 g/mol. The topological polar surface area (TPSA) is 45.7 Å². The molecule has 0 saturated carbocycles. The second-order valence-corrected chi connectivity index (χ2v) is 4.88. The van der Waals surface area contributed by atoms with Crippen LogP contribution in [0, 0.1) is 0 Å². The van der Waals surface area contributed by atoms with Gasteiger partial charge in [0.25, 0.3) is 0 Å². The van der Waals surface area contributed by atoms with E-state index >= 15 is 0 Å². The van der Waals surface area contributed by atoms with Crippen molar-refractivity contribution in [2.24, 2.45) is 4.99 Å². The molecule has 1 heterocycles. The summed E-state index contributed by atoms with van der Waals surface area (Å²) in [6.45, 7) is 9.66. The molecule has 112 valence electrons. The van der Waals surface area contributed by atoms with Gasteiger partial charge in [-0.05, 0) is 40.0 Å². The number of hydrogen-bond acceptors (Lipinski definition) is 2. The third kappa shape index (κ3) is 7.77. The Labute approximate surface area is 134 Å². The second kappa shape index (κ2) is 10.5. The largest absolute Gasteiger partial charge is 0.373 e. The summed E-state index contributed by atoms with van der Waals surface area (Å²) in [7, 11) is 0. The van der Waals surface area contributed by atoms with Crippen LogP contribution in [0.4, 0.5) is 0 Å². The fraction of sp³-hybridized carbons (Fsp3) is 0.786. The lowest BCUT2D eigenvalue weighted by Crippen LogP contribution is -2.39. The summed E-state index contributed by atoms with van der Waals surface area (Å²) in [6.07, 6.45) is 7.50. The molecule has 0 aromatic heterocycles. The molecule has 0 aromatic rings. The number of nitrogens with zero attached hydrogens (tertiary/aromatic N) is 1. The van der Waals surface area contributed by atoms with Gasteiger partial charge in [-0.25, -0.2) is 0 Å². The Morgan fingerprint density at radius 3 is 2.79 bits per heavy atom. The van der Waals surface area contributed by atoms with Crippen LogP contribution in [0.25, 0.3) is 0 Å². The van der Waals surface area contributed by atoms with E-state index in [4.69, 9.17) is 4.74 Å². The van der Waals surface area contributed by atoms with Crippen molar-refractivity contribution in [1.82, 2.24) is 10.6 Å². The third-order valence-electron chi connectivity index (χ3n) is 3.06. The normalized spacial score (nSPS) is 23.4. The Morgan fingerprint density at radius 1 is 1.42 bits per heavy atom. The molecule has 4 nitrogen and oxygen atoms in total. The van der Waals surface area contributed by atoms with Gasteiger partial charge in [0, 0.05) is 19.7 Å². The number of ether oxygens (including phenoxy) is 1. The minimum absolute atomic E-state index is 0. The zero-order valence-corrected chi connectivity index (χ0v) is 14.7. The van der Waals surface area contributed by atoms with E-state index in [2.05, 4.69) is 41.6 Å². The quantitative estimate of drug-likeness (QED) is 0.245. The third-order valence-corrected chi connectivity index (χ3v) is 3.06.